The molecule has 0 radical (unpaired) electrons. The van der Waals surface area contributed by atoms with Crippen LogP contribution >= 0.6 is 0 Å². The second kappa shape index (κ2) is 5.99. The monoisotopic (exact) mass is 310 g/mol. The third-order valence-electron chi connectivity index (χ3n) is 5.63. The molecule has 122 valence electrons. The van der Waals surface area contributed by atoms with E-state index in [-0.39, 0.29) is 17.1 Å². The van der Waals surface area contributed by atoms with Gasteiger partial charge in [0.2, 0.25) is 0 Å². The fourth-order valence-electron chi connectivity index (χ4n) is 4.70. The SMILES string of the molecule is C=CCC1CC2(CCCC)Cc3cc(O)ccc3C2=C(C)C1=O. The van der Waals surface area contributed by atoms with Gasteiger partial charge in [-0.05, 0) is 67.0 Å². The summed E-state index contributed by atoms with van der Waals surface area (Å²) in [5.74, 6) is 0.671. The molecule has 2 aliphatic carbocycles. The quantitative estimate of drug-likeness (QED) is 0.771. The van der Waals surface area contributed by atoms with Crippen LogP contribution in [0.5, 0.6) is 5.75 Å². The second-order valence-electron chi connectivity index (χ2n) is 7.19. The normalized spacial score (nSPS) is 26.2. The van der Waals surface area contributed by atoms with Crippen molar-refractivity contribution in [2.45, 2.75) is 52.4 Å². The van der Waals surface area contributed by atoms with Crippen molar-refractivity contribution in [3.63, 3.8) is 0 Å². The summed E-state index contributed by atoms with van der Waals surface area (Å²) in [6.07, 6.45) is 7.96. The Morgan fingerprint density at radius 1 is 1.43 bits per heavy atom. The van der Waals surface area contributed by atoms with E-state index in [0.717, 1.165) is 37.7 Å². The van der Waals surface area contributed by atoms with Gasteiger partial charge in [-0.3, -0.25) is 4.79 Å². The molecular weight excluding hydrogens is 284 g/mol. The smallest absolute Gasteiger partial charge is 0.162 e. The summed E-state index contributed by atoms with van der Waals surface area (Å²) in [4.78, 5) is 12.8. The number of aromatic hydroxyl groups is 1. The molecule has 1 N–H and O–H groups in total. The van der Waals surface area contributed by atoms with Crippen LogP contribution < -0.4 is 0 Å². The van der Waals surface area contributed by atoms with Gasteiger partial charge in [-0.25, -0.2) is 0 Å². The Morgan fingerprint density at radius 2 is 2.22 bits per heavy atom. The molecule has 3 rings (SSSR count). The molecule has 0 saturated carbocycles. The summed E-state index contributed by atoms with van der Waals surface area (Å²) >= 11 is 0. The summed E-state index contributed by atoms with van der Waals surface area (Å²) in [5.41, 5.74) is 4.64. The van der Waals surface area contributed by atoms with Crippen molar-refractivity contribution in [3.8, 4) is 5.75 Å². The molecule has 2 aliphatic rings. The summed E-state index contributed by atoms with van der Waals surface area (Å²) in [7, 11) is 0. The molecule has 2 unspecified atom stereocenters. The minimum absolute atomic E-state index is 0.0658. The van der Waals surface area contributed by atoms with Gasteiger partial charge in [0.1, 0.15) is 5.75 Å². The van der Waals surface area contributed by atoms with Crippen molar-refractivity contribution in [1.82, 2.24) is 0 Å². The molecule has 0 fully saturated rings. The number of rotatable bonds is 5. The molecule has 2 nitrogen and oxygen atoms in total. The number of hydrogen-bond donors (Lipinski definition) is 1. The van der Waals surface area contributed by atoms with Crippen LogP contribution in [0.4, 0.5) is 0 Å². The predicted octanol–water partition coefficient (Wildman–Crippen LogP) is 5.06. The number of benzene rings is 1. The van der Waals surface area contributed by atoms with Crippen LogP contribution in [0.3, 0.4) is 0 Å². The van der Waals surface area contributed by atoms with E-state index < -0.39 is 0 Å². The highest BCUT2D eigenvalue weighted by molar-refractivity contribution is 6.07. The van der Waals surface area contributed by atoms with E-state index in [9.17, 15) is 9.90 Å². The minimum Gasteiger partial charge on any atom is -0.508 e. The molecule has 2 atom stereocenters. The maximum Gasteiger partial charge on any atom is 0.162 e. The van der Waals surface area contributed by atoms with Gasteiger partial charge in [-0.2, -0.15) is 0 Å². The lowest BCUT2D eigenvalue weighted by Gasteiger charge is -2.39. The third kappa shape index (κ3) is 2.54. The minimum atomic E-state index is 0.0658. The molecule has 1 aromatic carbocycles. The van der Waals surface area contributed by atoms with Crippen molar-refractivity contribution in [3.05, 3.63) is 47.6 Å². The van der Waals surface area contributed by atoms with E-state index >= 15 is 0 Å². The summed E-state index contributed by atoms with van der Waals surface area (Å²) in [6.45, 7) is 8.05. The zero-order valence-corrected chi connectivity index (χ0v) is 14.2. The van der Waals surface area contributed by atoms with Crippen molar-refractivity contribution in [1.29, 1.82) is 0 Å². The van der Waals surface area contributed by atoms with Gasteiger partial charge in [-0.15, -0.1) is 6.58 Å². The number of Topliss-reactive ketones (excluding diaryl/α,β-unsaturated/α-hetero) is 1. The van der Waals surface area contributed by atoms with Gasteiger partial charge < -0.3 is 5.11 Å². The van der Waals surface area contributed by atoms with Crippen LogP contribution in [0, 0.1) is 11.3 Å². The topological polar surface area (TPSA) is 37.3 Å². The highest BCUT2D eigenvalue weighted by atomic mass is 16.3. The average Bonchev–Trinajstić information content (AvgIpc) is 2.84. The maximum absolute atomic E-state index is 12.8. The lowest BCUT2D eigenvalue weighted by atomic mass is 9.63. The largest absolute Gasteiger partial charge is 0.508 e. The first-order valence-electron chi connectivity index (χ1n) is 8.71. The highest BCUT2D eigenvalue weighted by Crippen LogP contribution is 2.58. The zero-order chi connectivity index (χ0) is 16.6. The fourth-order valence-corrected chi connectivity index (χ4v) is 4.70. The fraction of sp³-hybridized carbons (Fsp3) is 0.476. The van der Waals surface area contributed by atoms with E-state index in [2.05, 4.69) is 13.5 Å². The number of unbranched alkanes of at least 4 members (excludes halogenated alkanes) is 1. The molecule has 0 saturated heterocycles. The van der Waals surface area contributed by atoms with Crippen LogP contribution in [0.15, 0.2) is 36.4 Å². The van der Waals surface area contributed by atoms with Crippen molar-refractivity contribution in [2.24, 2.45) is 11.3 Å². The average molecular weight is 310 g/mol. The van der Waals surface area contributed by atoms with Crippen LogP contribution in [0.25, 0.3) is 5.57 Å². The Labute approximate surface area is 138 Å². The van der Waals surface area contributed by atoms with Crippen molar-refractivity contribution >= 4 is 11.4 Å². The lowest BCUT2D eigenvalue weighted by molar-refractivity contribution is -0.120. The molecule has 0 aliphatic heterocycles. The zero-order valence-electron chi connectivity index (χ0n) is 14.2. The molecule has 0 spiro atoms. The van der Waals surface area contributed by atoms with Crippen LogP contribution in [-0.2, 0) is 11.2 Å². The first-order valence-corrected chi connectivity index (χ1v) is 8.71. The molecule has 0 aromatic heterocycles. The van der Waals surface area contributed by atoms with Gasteiger partial charge in [0.05, 0.1) is 0 Å². The molecule has 2 heteroatoms. The Bertz CT molecular complexity index is 683. The van der Waals surface area contributed by atoms with Gasteiger partial charge in [0.25, 0.3) is 0 Å². The molecule has 0 bridgehead atoms. The third-order valence-corrected chi connectivity index (χ3v) is 5.63. The van der Waals surface area contributed by atoms with E-state index in [1.165, 1.54) is 23.1 Å². The first kappa shape index (κ1) is 16.0. The Balaban J connectivity index is 2.13. The Kier molecular flexibility index (Phi) is 4.18. The number of hydrogen-bond acceptors (Lipinski definition) is 2. The molecule has 0 amide bonds. The van der Waals surface area contributed by atoms with Crippen molar-refractivity contribution in [2.75, 3.05) is 0 Å². The summed E-state index contributed by atoms with van der Waals surface area (Å²) in [6, 6.07) is 5.63. The number of phenols is 1. The Hall–Kier alpha value is -1.83. The van der Waals surface area contributed by atoms with Crippen molar-refractivity contribution < 1.29 is 9.90 Å². The molecular formula is C21H26O2. The maximum atomic E-state index is 12.8. The van der Waals surface area contributed by atoms with Gasteiger partial charge in [0.15, 0.2) is 5.78 Å². The highest BCUT2D eigenvalue weighted by Gasteiger charge is 2.48. The van der Waals surface area contributed by atoms with Gasteiger partial charge in [0, 0.05) is 11.3 Å². The van der Waals surface area contributed by atoms with Crippen LogP contribution in [0.2, 0.25) is 0 Å². The number of allylic oxidation sites excluding steroid dienone is 3. The standard InChI is InChI=1S/C21H26O2/c1-4-6-10-21-12-15(7-5-2)20(23)14(3)19(21)18-9-8-17(22)11-16(18)13-21/h5,8-9,11,15,22H,2,4,6-7,10,12-13H2,1,3H3. The number of carbonyl (C=O) groups excluding carboxylic acids is 1. The van der Waals surface area contributed by atoms with Gasteiger partial charge in [-0.1, -0.05) is 31.9 Å². The molecule has 23 heavy (non-hydrogen) atoms. The van der Waals surface area contributed by atoms with E-state index in [0.29, 0.717) is 5.75 Å². The number of ketones is 1. The lowest BCUT2D eigenvalue weighted by Crippen LogP contribution is -2.34. The number of phenolic OH excluding ortho intramolecular Hbond substituents is 1. The number of carbonyl (C=O) groups is 1. The van der Waals surface area contributed by atoms with E-state index in [4.69, 9.17) is 0 Å². The summed E-state index contributed by atoms with van der Waals surface area (Å²) in [5, 5.41) is 9.85. The predicted molar refractivity (Wildman–Crippen MR) is 94.3 cm³/mol. The number of fused-ring (bicyclic) bond motifs is 3. The molecule has 0 heterocycles. The van der Waals surface area contributed by atoms with Crippen LogP contribution in [0.1, 0.15) is 57.1 Å². The summed E-state index contributed by atoms with van der Waals surface area (Å²) < 4.78 is 0. The Morgan fingerprint density at radius 3 is 2.91 bits per heavy atom. The first-order chi connectivity index (χ1) is 11.0. The van der Waals surface area contributed by atoms with E-state index in [1.807, 2.05) is 25.1 Å². The van der Waals surface area contributed by atoms with Gasteiger partial charge >= 0.3 is 0 Å². The van der Waals surface area contributed by atoms with E-state index in [1.54, 1.807) is 6.07 Å². The van der Waals surface area contributed by atoms with Crippen LogP contribution in [-0.4, -0.2) is 10.9 Å². The second-order valence-corrected chi connectivity index (χ2v) is 7.19. The molecule has 1 aromatic rings.